The van der Waals surface area contributed by atoms with Gasteiger partial charge in [0.15, 0.2) is 11.5 Å². The summed E-state index contributed by atoms with van der Waals surface area (Å²) in [5.74, 6) is 0.880. The molecule has 2 aromatic carbocycles. The van der Waals surface area contributed by atoms with Crippen LogP contribution in [-0.2, 0) is 10.0 Å². The third kappa shape index (κ3) is 4.15. The summed E-state index contributed by atoms with van der Waals surface area (Å²) < 4.78 is 43.2. The Balaban J connectivity index is 1.88. The lowest BCUT2D eigenvalue weighted by atomic mass is 10.2. The molecule has 0 atom stereocenters. The minimum absolute atomic E-state index is 0.0791. The van der Waals surface area contributed by atoms with Gasteiger partial charge in [-0.05, 0) is 37.3 Å². The number of benzene rings is 2. The molecule has 0 aliphatic carbocycles. The number of anilines is 1. The molecule has 9 heteroatoms. The molecule has 2 N–H and O–H groups in total. The zero-order valence-corrected chi connectivity index (χ0v) is 15.8. The zero-order valence-electron chi connectivity index (χ0n) is 14.9. The molecule has 2 aromatic rings. The van der Waals surface area contributed by atoms with Crippen LogP contribution in [0.4, 0.5) is 5.69 Å². The van der Waals surface area contributed by atoms with Crippen LogP contribution < -0.4 is 24.2 Å². The van der Waals surface area contributed by atoms with Crippen molar-refractivity contribution in [3.05, 3.63) is 42.0 Å². The van der Waals surface area contributed by atoms with E-state index >= 15 is 0 Å². The summed E-state index contributed by atoms with van der Waals surface area (Å²) in [5.41, 5.74) is 0.696. The van der Waals surface area contributed by atoms with Gasteiger partial charge < -0.3 is 19.5 Å². The fourth-order valence-electron chi connectivity index (χ4n) is 2.58. The molecule has 8 nitrogen and oxygen atoms in total. The molecule has 0 unspecified atom stereocenters. The lowest BCUT2D eigenvalue weighted by Crippen LogP contribution is -2.24. The molecular weight excluding hydrogens is 372 g/mol. The normalized spacial score (nSPS) is 12.7. The Morgan fingerprint density at radius 1 is 1.11 bits per heavy atom. The first-order valence-electron chi connectivity index (χ1n) is 8.42. The Bertz CT molecular complexity index is 958. The fraction of sp³-hybridized carbons (Fsp3) is 0.278. The van der Waals surface area contributed by atoms with Crippen LogP contribution in [-0.4, -0.2) is 34.3 Å². The van der Waals surface area contributed by atoms with Gasteiger partial charge in [-0.2, -0.15) is 0 Å². The van der Waals surface area contributed by atoms with E-state index in [9.17, 15) is 13.2 Å². The van der Waals surface area contributed by atoms with Crippen LogP contribution in [0.2, 0.25) is 0 Å². The van der Waals surface area contributed by atoms with Crippen LogP contribution in [0.3, 0.4) is 0 Å². The average Bonchev–Trinajstić information content (AvgIpc) is 3.10. The molecule has 0 radical (unpaired) electrons. The molecule has 1 aliphatic rings. The fourth-order valence-corrected chi connectivity index (χ4v) is 3.79. The number of hydrogen-bond donors (Lipinski definition) is 2. The predicted octanol–water partition coefficient (Wildman–Crippen LogP) is 2.36. The Hall–Kier alpha value is -2.78. The topological polar surface area (TPSA) is 103 Å². The van der Waals surface area contributed by atoms with Crippen molar-refractivity contribution >= 4 is 21.6 Å². The highest BCUT2D eigenvalue weighted by Crippen LogP contribution is 2.34. The van der Waals surface area contributed by atoms with E-state index in [-0.39, 0.29) is 29.5 Å². The number of fused-ring (bicyclic) bond motifs is 1. The van der Waals surface area contributed by atoms with E-state index in [0.717, 1.165) is 0 Å². The second-order valence-electron chi connectivity index (χ2n) is 5.62. The van der Waals surface area contributed by atoms with E-state index < -0.39 is 15.9 Å². The molecule has 0 saturated heterocycles. The van der Waals surface area contributed by atoms with Gasteiger partial charge in [-0.25, -0.2) is 13.1 Å². The lowest BCUT2D eigenvalue weighted by molar-refractivity contribution is 0.102. The molecule has 27 heavy (non-hydrogen) atoms. The number of carbonyl (C=O) groups excluding carboxylic acids is 1. The molecule has 0 aromatic heterocycles. The minimum Gasteiger partial charge on any atom is -0.492 e. The summed E-state index contributed by atoms with van der Waals surface area (Å²) in [6.45, 7) is 4.09. The Labute approximate surface area is 157 Å². The highest BCUT2D eigenvalue weighted by atomic mass is 32.2. The first-order valence-corrected chi connectivity index (χ1v) is 9.90. The smallest absolute Gasteiger partial charge is 0.255 e. The van der Waals surface area contributed by atoms with Crippen LogP contribution in [0.25, 0.3) is 0 Å². The van der Waals surface area contributed by atoms with Crippen molar-refractivity contribution < 1.29 is 27.4 Å². The standard InChI is InChI=1S/C18H20N2O6S/c1-3-19-27(22,23)17-9-12(5-7-15(17)24-4-2)18(21)20-13-6-8-14-16(10-13)26-11-25-14/h5-10,19H,3-4,11H2,1-2H3,(H,20,21). The molecule has 0 fully saturated rings. The van der Waals surface area contributed by atoms with Gasteiger partial charge >= 0.3 is 0 Å². The van der Waals surface area contributed by atoms with Crippen LogP contribution in [0.5, 0.6) is 17.2 Å². The van der Waals surface area contributed by atoms with Crippen LogP contribution >= 0.6 is 0 Å². The average molecular weight is 392 g/mol. The van der Waals surface area contributed by atoms with Crippen LogP contribution in [0, 0.1) is 0 Å². The SMILES string of the molecule is CCNS(=O)(=O)c1cc(C(=O)Nc2ccc3c(c2)OCO3)ccc1OCC. The number of sulfonamides is 1. The summed E-state index contributed by atoms with van der Waals surface area (Å²) in [7, 11) is -3.79. The van der Waals surface area contributed by atoms with Crippen molar-refractivity contribution in [3.63, 3.8) is 0 Å². The van der Waals surface area contributed by atoms with Crippen molar-refractivity contribution in [3.8, 4) is 17.2 Å². The molecule has 1 aliphatic heterocycles. The number of ether oxygens (including phenoxy) is 3. The largest absolute Gasteiger partial charge is 0.492 e. The highest BCUT2D eigenvalue weighted by Gasteiger charge is 2.22. The van der Waals surface area contributed by atoms with Crippen molar-refractivity contribution in [2.24, 2.45) is 0 Å². The molecule has 144 valence electrons. The molecule has 0 saturated carbocycles. The number of amides is 1. The van der Waals surface area contributed by atoms with E-state index in [1.807, 2.05) is 0 Å². The summed E-state index contributed by atoms with van der Waals surface area (Å²) >= 11 is 0. The molecule has 0 spiro atoms. The second kappa shape index (κ2) is 7.85. The van der Waals surface area contributed by atoms with E-state index in [1.165, 1.54) is 18.2 Å². The summed E-state index contributed by atoms with van der Waals surface area (Å²) in [4.78, 5) is 12.5. The Kier molecular flexibility index (Phi) is 5.52. The number of nitrogens with one attached hydrogen (secondary N) is 2. The summed E-state index contributed by atoms with van der Waals surface area (Å²) in [6, 6.07) is 9.30. The molecule has 3 rings (SSSR count). The number of hydrogen-bond acceptors (Lipinski definition) is 6. The maximum Gasteiger partial charge on any atom is 0.255 e. The summed E-state index contributed by atoms with van der Waals surface area (Å²) in [5, 5.41) is 2.72. The van der Waals surface area contributed by atoms with Crippen LogP contribution in [0.15, 0.2) is 41.3 Å². The van der Waals surface area contributed by atoms with Crippen molar-refractivity contribution in [2.45, 2.75) is 18.7 Å². The maximum absolute atomic E-state index is 12.6. The number of carbonyl (C=O) groups is 1. The van der Waals surface area contributed by atoms with Gasteiger partial charge in [0.05, 0.1) is 6.61 Å². The third-order valence-electron chi connectivity index (χ3n) is 3.76. The first-order chi connectivity index (χ1) is 12.9. The molecule has 1 heterocycles. The van der Waals surface area contributed by atoms with Gasteiger partial charge in [0.1, 0.15) is 10.6 Å². The van der Waals surface area contributed by atoms with Crippen molar-refractivity contribution in [1.82, 2.24) is 4.72 Å². The van der Waals surface area contributed by atoms with Gasteiger partial charge in [0.25, 0.3) is 5.91 Å². The van der Waals surface area contributed by atoms with E-state index in [2.05, 4.69) is 10.0 Å². The summed E-state index contributed by atoms with van der Waals surface area (Å²) in [6.07, 6.45) is 0. The maximum atomic E-state index is 12.6. The minimum atomic E-state index is -3.79. The van der Waals surface area contributed by atoms with Gasteiger partial charge in [-0.3, -0.25) is 4.79 Å². The first kappa shape index (κ1) is 19.0. The van der Waals surface area contributed by atoms with E-state index in [4.69, 9.17) is 14.2 Å². The highest BCUT2D eigenvalue weighted by molar-refractivity contribution is 7.89. The van der Waals surface area contributed by atoms with Crippen molar-refractivity contribution in [1.29, 1.82) is 0 Å². The zero-order chi connectivity index (χ0) is 19.4. The third-order valence-corrected chi connectivity index (χ3v) is 5.33. The van der Waals surface area contributed by atoms with Gasteiger partial charge in [0.2, 0.25) is 16.8 Å². The van der Waals surface area contributed by atoms with E-state index in [0.29, 0.717) is 23.8 Å². The van der Waals surface area contributed by atoms with Gasteiger partial charge in [-0.1, -0.05) is 6.92 Å². The quantitative estimate of drug-likeness (QED) is 0.750. The number of rotatable bonds is 7. The molecule has 1 amide bonds. The second-order valence-corrected chi connectivity index (χ2v) is 7.35. The Morgan fingerprint density at radius 3 is 2.63 bits per heavy atom. The predicted molar refractivity (Wildman–Crippen MR) is 99.0 cm³/mol. The monoisotopic (exact) mass is 392 g/mol. The van der Waals surface area contributed by atoms with Crippen molar-refractivity contribution in [2.75, 3.05) is 25.3 Å². The van der Waals surface area contributed by atoms with E-state index in [1.54, 1.807) is 32.0 Å². The van der Waals surface area contributed by atoms with Gasteiger partial charge in [0, 0.05) is 23.9 Å². The van der Waals surface area contributed by atoms with Gasteiger partial charge in [-0.15, -0.1) is 0 Å². The Morgan fingerprint density at radius 2 is 1.89 bits per heavy atom. The molecule has 0 bridgehead atoms. The van der Waals surface area contributed by atoms with Crippen LogP contribution in [0.1, 0.15) is 24.2 Å². The lowest BCUT2D eigenvalue weighted by Gasteiger charge is -2.13. The molecular formula is C18H20N2O6S.